The van der Waals surface area contributed by atoms with Crippen molar-refractivity contribution < 1.29 is 23.7 Å². The molecule has 30 heavy (non-hydrogen) atoms. The van der Waals surface area contributed by atoms with Crippen molar-refractivity contribution in [3.63, 3.8) is 0 Å². The van der Waals surface area contributed by atoms with E-state index in [4.69, 9.17) is 18.9 Å². The maximum atomic E-state index is 13.2. The summed E-state index contributed by atoms with van der Waals surface area (Å²) < 4.78 is 22.1. The highest BCUT2D eigenvalue weighted by Gasteiger charge is 2.23. The quantitative estimate of drug-likeness (QED) is 0.592. The molecule has 0 saturated carbocycles. The fourth-order valence-electron chi connectivity index (χ4n) is 3.85. The Morgan fingerprint density at radius 1 is 1.03 bits per heavy atom. The van der Waals surface area contributed by atoms with Crippen LogP contribution in [-0.4, -0.2) is 51.4 Å². The Labute approximate surface area is 178 Å². The lowest BCUT2D eigenvalue weighted by molar-refractivity contribution is -0.133. The van der Waals surface area contributed by atoms with Crippen molar-refractivity contribution in [1.82, 2.24) is 4.90 Å². The van der Waals surface area contributed by atoms with Gasteiger partial charge in [0.05, 0.1) is 27.4 Å². The van der Waals surface area contributed by atoms with Gasteiger partial charge in [-0.2, -0.15) is 0 Å². The smallest absolute Gasteiger partial charge is 0.223 e. The Bertz CT molecular complexity index is 818. The minimum Gasteiger partial charge on any atom is -0.493 e. The van der Waals surface area contributed by atoms with Crippen LogP contribution in [0.2, 0.25) is 0 Å². The monoisotopic (exact) mass is 413 g/mol. The topological polar surface area (TPSA) is 57.2 Å². The predicted octanol–water partition coefficient (Wildman–Crippen LogP) is 3.85. The van der Waals surface area contributed by atoms with E-state index in [-0.39, 0.29) is 12.0 Å². The Kier molecular flexibility index (Phi) is 7.97. The number of hydrogen-bond donors (Lipinski definition) is 0. The third-order valence-electron chi connectivity index (χ3n) is 5.41. The van der Waals surface area contributed by atoms with Gasteiger partial charge in [-0.25, -0.2) is 0 Å². The van der Waals surface area contributed by atoms with Gasteiger partial charge in [-0.15, -0.1) is 0 Å². The molecule has 3 rings (SSSR count). The van der Waals surface area contributed by atoms with Gasteiger partial charge in [-0.3, -0.25) is 4.79 Å². The summed E-state index contributed by atoms with van der Waals surface area (Å²) in [5.74, 6) is 1.86. The maximum Gasteiger partial charge on any atom is 0.223 e. The highest BCUT2D eigenvalue weighted by atomic mass is 16.5. The van der Waals surface area contributed by atoms with Crippen LogP contribution in [0.5, 0.6) is 17.2 Å². The second kappa shape index (κ2) is 10.9. The highest BCUT2D eigenvalue weighted by molar-refractivity contribution is 5.76. The number of carbonyl (C=O) groups excluding carboxylic acids is 1. The summed E-state index contributed by atoms with van der Waals surface area (Å²) in [5.41, 5.74) is 2.04. The van der Waals surface area contributed by atoms with Gasteiger partial charge in [0, 0.05) is 26.1 Å². The first-order valence-corrected chi connectivity index (χ1v) is 10.4. The molecule has 1 aliphatic heterocycles. The number of carbonyl (C=O) groups is 1. The van der Waals surface area contributed by atoms with Gasteiger partial charge in [-0.05, 0) is 36.5 Å². The molecule has 0 bridgehead atoms. The molecule has 1 unspecified atom stereocenters. The lowest BCUT2D eigenvalue weighted by Gasteiger charge is -2.26. The van der Waals surface area contributed by atoms with Gasteiger partial charge in [0.15, 0.2) is 11.5 Å². The normalized spacial score (nSPS) is 15.6. The zero-order chi connectivity index (χ0) is 21.3. The number of nitrogens with zero attached hydrogens (tertiary/aromatic N) is 1. The number of ether oxygens (including phenoxy) is 4. The number of methoxy groups -OCH3 is 3. The molecule has 2 aromatic rings. The molecule has 1 atom stereocenters. The van der Waals surface area contributed by atoms with E-state index in [9.17, 15) is 4.79 Å². The van der Waals surface area contributed by atoms with Crippen molar-refractivity contribution in [1.29, 1.82) is 0 Å². The van der Waals surface area contributed by atoms with Crippen LogP contribution in [-0.2, 0) is 22.5 Å². The molecule has 1 amide bonds. The number of amides is 1. The fourth-order valence-corrected chi connectivity index (χ4v) is 3.85. The molecule has 1 heterocycles. The minimum atomic E-state index is 0.103. The van der Waals surface area contributed by atoms with Gasteiger partial charge in [-0.1, -0.05) is 36.4 Å². The number of rotatable bonds is 10. The van der Waals surface area contributed by atoms with E-state index in [2.05, 4.69) is 0 Å². The van der Waals surface area contributed by atoms with E-state index in [1.54, 1.807) is 21.3 Å². The molecule has 0 aliphatic carbocycles. The first kappa shape index (κ1) is 22.0. The zero-order valence-corrected chi connectivity index (χ0v) is 18.1. The minimum absolute atomic E-state index is 0.103. The summed E-state index contributed by atoms with van der Waals surface area (Å²) >= 11 is 0. The van der Waals surface area contributed by atoms with Crippen molar-refractivity contribution in [2.45, 2.75) is 38.3 Å². The molecule has 1 fully saturated rings. The van der Waals surface area contributed by atoms with E-state index < -0.39 is 0 Å². The average molecular weight is 414 g/mol. The average Bonchev–Trinajstić information content (AvgIpc) is 3.30. The van der Waals surface area contributed by atoms with Gasteiger partial charge in [0.1, 0.15) is 0 Å². The third kappa shape index (κ3) is 5.45. The summed E-state index contributed by atoms with van der Waals surface area (Å²) in [6.45, 7) is 1.99. The van der Waals surface area contributed by atoms with Crippen LogP contribution >= 0.6 is 0 Å². The SMILES string of the molecule is COc1ccc(CCC(=O)N(Cc2ccccc2)CC2CCCO2)c(OC)c1OC. The van der Waals surface area contributed by atoms with Gasteiger partial charge >= 0.3 is 0 Å². The molecule has 162 valence electrons. The maximum absolute atomic E-state index is 13.2. The molecule has 0 radical (unpaired) electrons. The Morgan fingerprint density at radius 3 is 2.43 bits per heavy atom. The van der Waals surface area contributed by atoms with Crippen molar-refractivity contribution in [2.24, 2.45) is 0 Å². The summed E-state index contributed by atoms with van der Waals surface area (Å²) in [5, 5.41) is 0. The first-order chi connectivity index (χ1) is 14.7. The van der Waals surface area contributed by atoms with Crippen LogP contribution in [0.4, 0.5) is 0 Å². The van der Waals surface area contributed by atoms with Crippen LogP contribution in [0, 0.1) is 0 Å². The van der Waals surface area contributed by atoms with E-state index in [1.165, 1.54) is 0 Å². The molecular weight excluding hydrogens is 382 g/mol. The van der Waals surface area contributed by atoms with Crippen LogP contribution in [0.3, 0.4) is 0 Å². The molecule has 2 aromatic carbocycles. The second-order valence-electron chi connectivity index (χ2n) is 7.39. The lowest BCUT2D eigenvalue weighted by Crippen LogP contribution is -2.37. The molecule has 1 saturated heterocycles. The molecule has 6 heteroatoms. The Hall–Kier alpha value is -2.73. The standard InChI is InChI=1S/C24H31NO5/c1-27-21-13-11-19(23(28-2)24(21)29-3)12-14-22(26)25(17-20-10-7-15-30-20)16-18-8-5-4-6-9-18/h4-6,8-9,11,13,20H,7,10,12,14-17H2,1-3H3. The summed E-state index contributed by atoms with van der Waals surface area (Å²) in [6, 6.07) is 13.8. The van der Waals surface area contributed by atoms with Crippen LogP contribution < -0.4 is 14.2 Å². The van der Waals surface area contributed by atoms with Crippen molar-refractivity contribution in [3.05, 3.63) is 53.6 Å². The van der Waals surface area contributed by atoms with Gasteiger partial charge < -0.3 is 23.8 Å². The number of benzene rings is 2. The fraction of sp³-hybridized carbons (Fsp3) is 0.458. The predicted molar refractivity (Wildman–Crippen MR) is 115 cm³/mol. The van der Waals surface area contributed by atoms with E-state index in [0.29, 0.717) is 43.2 Å². The summed E-state index contributed by atoms with van der Waals surface area (Å²) in [6.07, 6.45) is 3.11. The third-order valence-corrected chi connectivity index (χ3v) is 5.41. The number of aryl methyl sites for hydroxylation is 1. The van der Waals surface area contributed by atoms with Gasteiger partial charge in [0.2, 0.25) is 11.7 Å². The van der Waals surface area contributed by atoms with E-state index in [0.717, 1.165) is 30.6 Å². The Balaban J connectivity index is 1.72. The Morgan fingerprint density at radius 2 is 1.80 bits per heavy atom. The van der Waals surface area contributed by atoms with Crippen molar-refractivity contribution >= 4 is 5.91 Å². The number of hydrogen-bond acceptors (Lipinski definition) is 5. The molecule has 6 nitrogen and oxygen atoms in total. The van der Waals surface area contributed by atoms with Crippen molar-refractivity contribution in [2.75, 3.05) is 34.5 Å². The zero-order valence-electron chi connectivity index (χ0n) is 18.1. The van der Waals surface area contributed by atoms with E-state index >= 15 is 0 Å². The molecule has 0 N–H and O–H groups in total. The lowest BCUT2D eigenvalue weighted by atomic mass is 10.1. The molecule has 0 spiro atoms. The first-order valence-electron chi connectivity index (χ1n) is 10.4. The summed E-state index contributed by atoms with van der Waals surface area (Å²) in [4.78, 5) is 15.1. The van der Waals surface area contributed by atoms with Gasteiger partial charge in [0.25, 0.3) is 0 Å². The molecule has 0 aromatic heterocycles. The van der Waals surface area contributed by atoms with Crippen LogP contribution in [0.1, 0.15) is 30.4 Å². The molecule has 1 aliphatic rings. The van der Waals surface area contributed by atoms with Crippen LogP contribution in [0.25, 0.3) is 0 Å². The van der Waals surface area contributed by atoms with E-state index in [1.807, 2.05) is 47.4 Å². The van der Waals surface area contributed by atoms with Crippen molar-refractivity contribution in [3.8, 4) is 17.2 Å². The summed E-state index contributed by atoms with van der Waals surface area (Å²) in [7, 11) is 4.77. The second-order valence-corrected chi connectivity index (χ2v) is 7.39. The molecular formula is C24H31NO5. The van der Waals surface area contributed by atoms with Crippen LogP contribution in [0.15, 0.2) is 42.5 Å². The highest BCUT2D eigenvalue weighted by Crippen LogP contribution is 2.40. The largest absolute Gasteiger partial charge is 0.493 e.